The zero-order chi connectivity index (χ0) is 13.3. The third kappa shape index (κ3) is 7.03. The first kappa shape index (κ1) is 16.0. The Morgan fingerprint density at radius 3 is 1.71 bits per heavy atom. The highest BCUT2D eigenvalue weighted by atomic mass is 19.4. The molecule has 3 heteroatoms. The molecule has 0 aromatic heterocycles. The number of hydrogen-bond donors (Lipinski definition) is 0. The fourth-order valence-electron chi connectivity index (χ4n) is 1.39. The zero-order valence-electron chi connectivity index (χ0n) is 10.8. The molecular formula is C14H21F3. The van der Waals surface area contributed by atoms with E-state index in [-0.39, 0.29) is 5.56 Å². The Bertz CT molecular complexity index is 299. The molecule has 98 valence electrons. The second kappa shape index (κ2) is 8.15. The van der Waals surface area contributed by atoms with Gasteiger partial charge in [0.25, 0.3) is 0 Å². The Labute approximate surface area is 102 Å². The van der Waals surface area contributed by atoms with E-state index in [4.69, 9.17) is 0 Å². The largest absolute Gasteiger partial charge is 0.416 e. The summed E-state index contributed by atoms with van der Waals surface area (Å²) in [5, 5.41) is 0. The summed E-state index contributed by atoms with van der Waals surface area (Å²) in [6, 6.07) is 5.50. The fourth-order valence-corrected chi connectivity index (χ4v) is 1.39. The highest BCUT2D eigenvalue weighted by Crippen LogP contribution is 2.31. The highest BCUT2D eigenvalue weighted by Gasteiger charge is 2.31. The van der Waals surface area contributed by atoms with Gasteiger partial charge in [0.15, 0.2) is 0 Å². The van der Waals surface area contributed by atoms with Crippen molar-refractivity contribution in [3.63, 3.8) is 0 Å². The lowest BCUT2D eigenvalue weighted by atomic mass is 10.1. The summed E-state index contributed by atoms with van der Waals surface area (Å²) in [6.45, 7) is 5.91. The highest BCUT2D eigenvalue weighted by molar-refractivity contribution is 5.27. The van der Waals surface area contributed by atoms with Crippen molar-refractivity contribution in [2.24, 2.45) is 0 Å². The van der Waals surface area contributed by atoms with Crippen molar-refractivity contribution >= 4 is 0 Å². The number of aryl methyl sites for hydroxylation is 1. The number of rotatable bonds is 3. The fraction of sp³-hybridized carbons (Fsp3) is 0.571. The molecule has 0 fully saturated rings. The van der Waals surface area contributed by atoms with Gasteiger partial charge in [0, 0.05) is 0 Å². The van der Waals surface area contributed by atoms with Crippen molar-refractivity contribution in [2.75, 3.05) is 0 Å². The van der Waals surface area contributed by atoms with Crippen LogP contribution in [0.25, 0.3) is 0 Å². The van der Waals surface area contributed by atoms with Crippen LogP contribution in [-0.4, -0.2) is 0 Å². The molecule has 0 spiro atoms. The van der Waals surface area contributed by atoms with Crippen molar-refractivity contribution in [1.29, 1.82) is 0 Å². The van der Waals surface area contributed by atoms with Crippen LogP contribution >= 0.6 is 0 Å². The van der Waals surface area contributed by atoms with E-state index in [1.807, 2.05) is 0 Å². The first-order valence-corrected chi connectivity index (χ1v) is 6.06. The molecule has 17 heavy (non-hydrogen) atoms. The molecule has 0 aliphatic rings. The Kier molecular flexibility index (Phi) is 7.68. The maximum absolute atomic E-state index is 12.0. The molecule has 0 N–H and O–H groups in total. The van der Waals surface area contributed by atoms with E-state index in [0.29, 0.717) is 0 Å². The van der Waals surface area contributed by atoms with Crippen LogP contribution in [0.2, 0.25) is 0 Å². The number of benzene rings is 1. The SMILES string of the molecule is CCCCCC.Cc1ccccc1C(F)(F)F. The molecule has 0 radical (unpaired) electrons. The standard InChI is InChI=1S/C8H7F3.C6H14/c1-6-4-2-3-5-7(6)8(9,10)11;1-3-5-6-4-2/h2-5H,1H3;3-6H2,1-2H3. The summed E-state index contributed by atoms with van der Waals surface area (Å²) in [6.07, 6.45) is 1.32. The van der Waals surface area contributed by atoms with Gasteiger partial charge >= 0.3 is 6.18 Å². The molecule has 0 nitrogen and oxygen atoms in total. The molecule has 0 unspecified atom stereocenters. The summed E-state index contributed by atoms with van der Waals surface area (Å²) in [5.74, 6) is 0. The maximum atomic E-state index is 12.0. The summed E-state index contributed by atoms with van der Waals surface area (Å²) in [4.78, 5) is 0. The molecule has 1 rings (SSSR count). The van der Waals surface area contributed by atoms with Gasteiger partial charge in [0.2, 0.25) is 0 Å². The minimum absolute atomic E-state index is 0.264. The van der Waals surface area contributed by atoms with Gasteiger partial charge in [-0.15, -0.1) is 0 Å². The minimum atomic E-state index is -4.22. The van der Waals surface area contributed by atoms with Crippen LogP contribution < -0.4 is 0 Å². The Balaban J connectivity index is 0.000000366. The molecule has 0 aliphatic carbocycles. The molecule has 0 amide bonds. The van der Waals surface area contributed by atoms with E-state index in [1.54, 1.807) is 6.07 Å². The number of alkyl halides is 3. The van der Waals surface area contributed by atoms with Crippen molar-refractivity contribution in [3.05, 3.63) is 35.4 Å². The number of hydrogen-bond acceptors (Lipinski definition) is 0. The van der Waals surface area contributed by atoms with Crippen LogP contribution in [0.15, 0.2) is 24.3 Å². The van der Waals surface area contributed by atoms with Crippen LogP contribution in [0.5, 0.6) is 0 Å². The van der Waals surface area contributed by atoms with Gasteiger partial charge in [0.05, 0.1) is 5.56 Å². The van der Waals surface area contributed by atoms with Gasteiger partial charge in [-0.3, -0.25) is 0 Å². The molecule has 0 saturated heterocycles. The van der Waals surface area contributed by atoms with Crippen molar-refractivity contribution in [1.82, 2.24) is 0 Å². The third-order valence-electron chi connectivity index (χ3n) is 2.41. The minimum Gasteiger partial charge on any atom is -0.166 e. The monoisotopic (exact) mass is 246 g/mol. The van der Waals surface area contributed by atoms with Crippen LogP contribution in [0.3, 0.4) is 0 Å². The Hall–Kier alpha value is -0.990. The summed E-state index contributed by atoms with van der Waals surface area (Å²) < 4.78 is 36.1. The van der Waals surface area contributed by atoms with E-state index < -0.39 is 11.7 Å². The average molecular weight is 246 g/mol. The van der Waals surface area contributed by atoms with E-state index in [0.717, 1.165) is 6.07 Å². The second-order valence-corrected chi connectivity index (χ2v) is 4.02. The van der Waals surface area contributed by atoms with Crippen LogP contribution in [0, 0.1) is 6.92 Å². The zero-order valence-corrected chi connectivity index (χ0v) is 10.8. The number of halogens is 3. The molecule has 0 bridgehead atoms. The predicted octanol–water partition coefficient (Wildman–Crippen LogP) is 5.60. The van der Waals surface area contributed by atoms with Gasteiger partial charge in [-0.25, -0.2) is 0 Å². The second-order valence-electron chi connectivity index (χ2n) is 4.02. The smallest absolute Gasteiger partial charge is 0.166 e. The number of unbranched alkanes of at least 4 members (excludes halogenated alkanes) is 3. The Morgan fingerprint density at radius 1 is 0.941 bits per heavy atom. The lowest BCUT2D eigenvalue weighted by Gasteiger charge is -2.08. The summed E-state index contributed by atoms with van der Waals surface area (Å²) >= 11 is 0. The molecule has 0 saturated carbocycles. The predicted molar refractivity (Wildman–Crippen MR) is 66.0 cm³/mol. The first-order chi connectivity index (χ1) is 7.93. The first-order valence-electron chi connectivity index (χ1n) is 6.06. The summed E-state index contributed by atoms with van der Waals surface area (Å²) in [7, 11) is 0. The molecule has 1 aromatic rings. The third-order valence-corrected chi connectivity index (χ3v) is 2.41. The average Bonchev–Trinajstić information content (AvgIpc) is 2.26. The molecule has 1 aromatic carbocycles. The van der Waals surface area contributed by atoms with Gasteiger partial charge < -0.3 is 0 Å². The van der Waals surface area contributed by atoms with Crippen LogP contribution in [0.1, 0.15) is 50.7 Å². The normalized spacial score (nSPS) is 10.7. The quantitative estimate of drug-likeness (QED) is 0.609. The van der Waals surface area contributed by atoms with E-state index in [1.165, 1.54) is 44.7 Å². The van der Waals surface area contributed by atoms with Crippen LogP contribution in [0.4, 0.5) is 13.2 Å². The van der Waals surface area contributed by atoms with Gasteiger partial charge in [-0.1, -0.05) is 57.7 Å². The molecule has 0 aliphatic heterocycles. The maximum Gasteiger partial charge on any atom is 0.416 e. The van der Waals surface area contributed by atoms with Crippen molar-refractivity contribution < 1.29 is 13.2 Å². The lowest BCUT2D eigenvalue weighted by Crippen LogP contribution is -2.06. The molecular weight excluding hydrogens is 225 g/mol. The summed E-state index contributed by atoms with van der Waals surface area (Å²) in [5.41, 5.74) is -0.292. The van der Waals surface area contributed by atoms with E-state index in [9.17, 15) is 13.2 Å². The Morgan fingerprint density at radius 2 is 1.41 bits per heavy atom. The van der Waals surface area contributed by atoms with Gasteiger partial charge in [0.1, 0.15) is 0 Å². The molecule has 0 atom stereocenters. The van der Waals surface area contributed by atoms with Crippen molar-refractivity contribution in [2.45, 2.75) is 52.6 Å². The topological polar surface area (TPSA) is 0 Å². The van der Waals surface area contributed by atoms with Crippen LogP contribution in [-0.2, 0) is 6.18 Å². The molecule has 0 heterocycles. The van der Waals surface area contributed by atoms with Crippen molar-refractivity contribution in [3.8, 4) is 0 Å². The lowest BCUT2D eigenvalue weighted by molar-refractivity contribution is -0.138. The van der Waals surface area contributed by atoms with E-state index in [2.05, 4.69) is 13.8 Å². The van der Waals surface area contributed by atoms with E-state index >= 15 is 0 Å². The van der Waals surface area contributed by atoms with Gasteiger partial charge in [-0.05, 0) is 18.6 Å². The van der Waals surface area contributed by atoms with Gasteiger partial charge in [-0.2, -0.15) is 13.2 Å².